The highest BCUT2D eigenvalue weighted by Gasteiger charge is 2.12. The first-order valence-electron chi connectivity index (χ1n) is 7.59. The molecule has 0 radical (unpaired) electrons. The molecular formula is C19H23NO. The lowest BCUT2D eigenvalue weighted by Gasteiger charge is -2.17. The van der Waals surface area contributed by atoms with Crippen LogP contribution in [0.1, 0.15) is 42.5 Å². The van der Waals surface area contributed by atoms with Crippen molar-refractivity contribution in [3.8, 4) is 0 Å². The van der Waals surface area contributed by atoms with E-state index in [2.05, 4.69) is 55.6 Å². The molecule has 0 bridgehead atoms. The standard InChI is InChI=1S/C19H23NO/c1-3-18(17-12-9-15(2)10-13-17)20-19(21)14-11-16-7-5-4-6-8-16/h4-10,12-13,18H,3,11,14H2,1-2H3,(H,20,21)/t18-/m0/s1. The van der Waals surface area contributed by atoms with Crippen LogP contribution >= 0.6 is 0 Å². The highest BCUT2D eigenvalue weighted by molar-refractivity contribution is 5.76. The zero-order valence-electron chi connectivity index (χ0n) is 12.8. The fourth-order valence-corrected chi connectivity index (χ4v) is 2.39. The maximum atomic E-state index is 12.1. The Kier molecular flexibility index (Phi) is 5.56. The van der Waals surface area contributed by atoms with Gasteiger partial charge in [0.05, 0.1) is 6.04 Å². The molecular weight excluding hydrogens is 258 g/mol. The monoisotopic (exact) mass is 281 g/mol. The van der Waals surface area contributed by atoms with Crippen LogP contribution in [0.25, 0.3) is 0 Å². The van der Waals surface area contributed by atoms with Crippen molar-refractivity contribution in [2.45, 2.75) is 39.2 Å². The summed E-state index contributed by atoms with van der Waals surface area (Å²) in [5.74, 6) is 0.117. The second kappa shape index (κ2) is 7.63. The fourth-order valence-electron chi connectivity index (χ4n) is 2.39. The average molecular weight is 281 g/mol. The van der Waals surface area contributed by atoms with E-state index in [-0.39, 0.29) is 11.9 Å². The number of hydrogen-bond donors (Lipinski definition) is 1. The minimum atomic E-state index is 0.105. The van der Waals surface area contributed by atoms with Gasteiger partial charge in [-0.25, -0.2) is 0 Å². The zero-order valence-corrected chi connectivity index (χ0v) is 12.8. The smallest absolute Gasteiger partial charge is 0.220 e. The minimum Gasteiger partial charge on any atom is -0.349 e. The second-order valence-corrected chi connectivity index (χ2v) is 5.42. The van der Waals surface area contributed by atoms with Gasteiger partial charge in [-0.3, -0.25) is 4.79 Å². The third-order valence-electron chi connectivity index (χ3n) is 3.71. The lowest BCUT2D eigenvalue weighted by atomic mass is 10.0. The molecule has 21 heavy (non-hydrogen) atoms. The SMILES string of the molecule is CC[C@H](NC(=O)CCc1ccccc1)c1ccc(C)cc1. The summed E-state index contributed by atoms with van der Waals surface area (Å²) in [4.78, 5) is 12.1. The maximum Gasteiger partial charge on any atom is 0.220 e. The molecule has 110 valence electrons. The second-order valence-electron chi connectivity index (χ2n) is 5.42. The van der Waals surface area contributed by atoms with Gasteiger partial charge in [0.15, 0.2) is 0 Å². The van der Waals surface area contributed by atoms with Gasteiger partial charge in [0, 0.05) is 6.42 Å². The summed E-state index contributed by atoms with van der Waals surface area (Å²) in [7, 11) is 0. The molecule has 2 aromatic carbocycles. The topological polar surface area (TPSA) is 29.1 Å². The Morgan fingerprint density at radius 2 is 1.71 bits per heavy atom. The van der Waals surface area contributed by atoms with E-state index >= 15 is 0 Å². The summed E-state index contributed by atoms with van der Waals surface area (Å²) in [5.41, 5.74) is 3.62. The number of carbonyl (C=O) groups excluding carboxylic acids is 1. The molecule has 2 nitrogen and oxygen atoms in total. The molecule has 2 rings (SSSR count). The van der Waals surface area contributed by atoms with Crippen LogP contribution < -0.4 is 5.32 Å². The van der Waals surface area contributed by atoms with Crippen molar-refractivity contribution in [1.82, 2.24) is 5.32 Å². The normalized spacial score (nSPS) is 11.9. The van der Waals surface area contributed by atoms with Gasteiger partial charge in [-0.05, 0) is 30.9 Å². The van der Waals surface area contributed by atoms with Gasteiger partial charge in [-0.15, -0.1) is 0 Å². The van der Waals surface area contributed by atoms with E-state index in [0.717, 1.165) is 12.8 Å². The Hall–Kier alpha value is -2.09. The van der Waals surface area contributed by atoms with Crippen LogP contribution in [0, 0.1) is 6.92 Å². The first kappa shape index (κ1) is 15.3. The molecule has 2 heteroatoms. The van der Waals surface area contributed by atoms with E-state index in [4.69, 9.17) is 0 Å². The van der Waals surface area contributed by atoms with E-state index in [0.29, 0.717) is 6.42 Å². The van der Waals surface area contributed by atoms with Crippen LogP contribution in [0.15, 0.2) is 54.6 Å². The predicted molar refractivity (Wildman–Crippen MR) is 87.1 cm³/mol. The number of rotatable bonds is 6. The van der Waals surface area contributed by atoms with Crippen molar-refractivity contribution < 1.29 is 4.79 Å². The van der Waals surface area contributed by atoms with Crippen LogP contribution in [0.4, 0.5) is 0 Å². The van der Waals surface area contributed by atoms with Gasteiger partial charge in [0.2, 0.25) is 5.91 Å². The molecule has 0 aromatic heterocycles. The number of carbonyl (C=O) groups is 1. The summed E-state index contributed by atoms with van der Waals surface area (Å²) in [6, 6.07) is 18.6. The maximum absolute atomic E-state index is 12.1. The van der Waals surface area contributed by atoms with Crippen LogP contribution in [-0.4, -0.2) is 5.91 Å². The largest absolute Gasteiger partial charge is 0.349 e. The number of hydrogen-bond acceptors (Lipinski definition) is 1. The van der Waals surface area contributed by atoms with Crippen molar-refractivity contribution in [1.29, 1.82) is 0 Å². The van der Waals surface area contributed by atoms with E-state index in [1.165, 1.54) is 16.7 Å². The molecule has 1 amide bonds. The zero-order chi connectivity index (χ0) is 15.1. The van der Waals surface area contributed by atoms with E-state index in [9.17, 15) is 4.79 Å². The van der Waals surface area contributed by atoms with Crippen molar-refractivity contribution in [2.24, 2.45) is 0 Å². The van der Waals surface area contributed by atoms with Crippen LogP contribution in [0.5, 0.6) is 0 Å². The molecule has 2 aromatic rings. The summed E-state index contributed by atoms with van der Waals surface area (Å²) < 4.78 is 0. The first-order chi connectivity index (χ1) is 10.2. The van der Waals surface area contributed by atoms with E-state index in [1.807, 2.05) is 18.2 Å². The lowest BCUT2D eigenvalue weighted by molar-refractivity contribution is -0.121. The highest BCUT2D eigenvalue weighted by Crippen LogP contribution is 2.17. The van der Waals surface area contributed by atoms with Crippen molar-refractivity contribution >= 4 is 5.91 Å². The molecule has 0 saturated heterocycles. The van der Waals surface area contributed by atoms with Gasteiger partial charge in [-0.1, -0.05) is 67.1 Å². The summed E-state index contributed by atoms with van der Waals surface area (Å²) >= 11 is 0. The lowest BCUT2D eigenvalue weighted by Crippen LogP contribution is -2.28. The molecule has 0 saturated carbocycles. The molecule has 0 aliphatic carbocycles. The third-order valence-corrected chi connectivity index (χ3v) is 3.71. The Morgan fingerprint density at radius 3 is 2.33 bits per heavy atom. The van der Waals surface area contributed by atoms with Gasteiger partial charge >= 0.3 is 0 Å². The quantitative estimate of drug-likeness (QED) is 0.845. The van der Waals surface area contributed by atoms with Gasteiger partial charge < -0.3 is 5.32 Å². The Morgan fingerprint density at radius 1 is 1.05 bits per heavy atom. The van der Waals surface area contributed by atoms with Crippen molar-refractivity contribution in [3.63, 3.8) is 0 Å². The van der Waals surface area contributed by atoms with Gasteiger partial charge in [0.25, 0.3) is 0 Å². The molecule has 0 heterocycles. The summed E-state index contributed by atoms with van der Waals surface area (Å²) in [6.45, 7) is 4.17. The Labute approximate surface area is 127 Å². The molecule has 0 unspecified atom stereocenters. The van der Waals surface area contributed by atoms with Crippen LogP contribution in [0.2, 0.25) is 0 Å². The summed E-state index contributed by atoms with van der Waals surface area (Å²) in [6.07, 6.45) is 2.23. The fraction of sp³-hybridized carbons (Fsp3) is 0.316. The third kappa shape index (κ3) is 4.75. The molecule has 1 atom stereocenters. The predicted octanol–water partition coefficient (Wildman–Crippen LogP) is 4.20. The van der Waals surface area contributed by atoms with Crippen molar-refractivity contribution in [2.75, 3.05) is 0 Å². The molecule has 0 fully saturated rings. The summed E-state index contributed by atoms with van der Waals surface area (Å²) in [5, 5.41) is 3.13. The van der Waals surface area contributed by atoms with Crippen LogP contribution in [-0.2, 0) is 11.2 Å². The van der Waals surface area contributed by atoms with Gasteiger partial charge in [0.1, 0.15) is 0 Å². The molecule has 1 N–H and O–H groups in total. The minimum absolute atomic E-state index is 0.105. The number of aryl methyl sites for hydroxylation is 2. The van der Waals surface area contributed by atoms with Crippen LogP contribution in [0.3, 0.4) is 0 Å². The molecule has 0 aliphatic rings. The Balaban J connectivity index is 1.89. The first-order valence-corrected chi connectivity index (χ1v) is 7.59. The Bertz CT molecular complexity index is 560. The number of nitrogens with one attached hydrogen (secondary N) is 1. The van der Waals surface area contributed by atoms with E-state index in [1.54, 1.807) is 0 Å². The molecule has 0 aliphatic heterocycles. The van der Waals surface area contributed by atoms with E-state index < -0.39 is 0 Å². The van der Waals surface area contributed by atoms with Crippen molar-refractivity contribution in [3.05, 3.63) is 71.3 Å². The van der Waals surface area contributed by atoms with Gasteiger partial charge in [-0.2, -0.15) is 0 Å². The highest BCUT2D eigenvalue weighted by atomic mass is 16.1. The number of benzene rings is 2. The average Bonchev–Trinajstić information content (AvgIpc) is 2.52. The molecule has 0 spiro atoms. The number of amides is 1.